The van der Waals surface area contributed by atoms with Crippen LogP contribution in [0.15, 0.2) is 18.2 Å². The largest absolute Gasteiger partial charge is 0.390 e. The summed E-state index contributed by atoms with van der Waals surface area (Å²) in [5.74, 6) is 0. The molecule has 18 heavy (non-hydrogen) atoms. The molecular weight excluding hydrogens is 339 g/mol. The lowest BCUT2D eigenvalue weighted by molar-refractivity contribution is 0.128. The van der Waals surface area contributed by atoms with E-state index in [0.717, 1.165) is 25.3 Å². The molecule has 0 aliphatic rings. The number of hydrogen-bond donors (Lipinski definition) is 2. The van der Waals surface area contributed by atoms with E-state index >= 15 is 0 Å². The molecule has 1 atom stereocenters. The van der Waals surface area contributed by atoms with Crippen LogP contribution in [0.2, 0.25) is 0 Å². The Bertz CT molecular complexity index is 367. The molecule has 0 bridgehead atoms. The van der Waals surface area contributed by atoms with Crippen LogP contribution in [0.25, 0.3) is 0 Å². The molecule has 0 spiro atoms. The second-order valence-corrected chi connectivity index (χ2v) is 5.65. The molecule has 102 valence electrons. The van der Waals surface area contributed by atoms with Crippen molar-refractivity contribution in [3.63, 3.8) is 0 Å². The minimum Gasteiger partial charge on any atom is -0.390 e. The van der Waals surface area contributed by atoms with Gasteiger partial charge in [0.2, 0.25) is 0 Å². The second-order valence-electron chi connectivity index (χ2n) is 4.48. The Morgan fingerprint density at radius 3 is 2.56 bits per heavy atom. The zero-order valence-electron chi connectivity index (χ0n) is 11.4. The minimum atomic E-state index is -0.330. The number of nitrogens with zero attached hydrogens (tertiary/aromatic N) is 1. The monoisotopic (exact) mass is 362 g/mol. The number of rotatable bonds is 7. The van der Waals surface area contributed by atoms with E-state index in [-0.39, 0.29) is 6.10 Å². The Kier molecular flexibility index (Phi) is 6.96. The number of likely N-dealkylation sites (N-methyl/N-ethyl adjacent to an activating group) is 1. The Labute approximate surface area is 124 Å². The molecule has 0 fully saturated rings. The van der Waals surface area contributed by atoms with Crippen molar-refractivity contribution < 1.29 is 5.11 Å². The summed E-state index contributed by atoms with van der Waals surface area (Å²) in [5, 5.41) is 13.2. The molecule has 0 saturated heterocycles. The van der Waals surface area contributed by atoms with Crippen LogP contribution in [-0.4, -0.2) is 42.3 Å². The van der Waals surface area contributed by atoms with E-state index in [0.29, 0.717) is 6.54 Å². The molecule has 4 heteroatoms. The normalized spacial score (nSPS) is 12.8. The van der Waals surface area contributed by atoms with Crippen LogP contribution in [0.4, 0.5) is 5.69 Å². The van der Waals surface area contributed by atoms with Crippen molar-refractivity contribution in [2.75, 3.05) is 31.5 Å². The highest BCUT2D eigenvalue weighted by atomic mass is 127. The molecule has 2 N–H and O–H groups in total. The SMILES string of the molecule is CCN(CC)CC(O)CNc1ccc(C)c(I)c1. The number of halogens is 1. The standard InChI is InChI=1S/C14H23IN2O/c1-4-17(5-2)10-13(18)9-16-12-7-6-11(3)14(15)8-12/h6-8,13,16,18H,4-5,9-10H2,1-3H3. The van der Waals surface area contributed by atoms with E-state index < -0.39 is 0 Å². The van der Waals surface area contributed by atoms with Gasteiger partial charge in [0, 0.05) is 22.3 Å². The van der Waals surface area contributed by atoms with E-state index in [1.165, 1.54) is 9.13 Å². The van der Waals surface area contributed by atoms with E-state index in [1.807, 2.05) is 0 Å². The molecule has 0 saturated carbocycles. The van der Waals surface area contributed by atoms with Crippen LogP contribution in [0.1, 0.15) is 19.4 Å². The van der Waals surface area contributed by atoms with Gasteiger partial charge in [-0.25, -0.2) is 0 Å². The number of nitrogens with one attached hydrogen (secondary N) is 1. The fourth-order valence-electron chi connectivity index (χ4n) is 1.78. The molecule has 0 aromatic heterocycles. The van der Waals surface area contributed by atoms with Crippen LogP contribution < -0.4 is 5.32 Å². The zero-order valence-corrected chi connectivity index (χ0v) is 13.6. The van der Waals surface area contributed by atoms with Gasteiger partial charge in [-0.3, -0.25) is 0 Å². The predicted octanol–water partition coefficient (Wildman–Crippen LogP) is 2.71. The van der Waals surface area contributed by atoms with Crippen molar-refractivity contribution in [3.8, 4) is 0 Å². The van der Waals surface area contributed by atoms with Gasteiger partial charge in [0.25, 0.3) is 0 Å². The van der Waals surface area contributed by atoms with Gasteiger partial charge >= 0.3 is 0 Å². The van der Waals surface area contributed by atoms with Gasteiger partial charge < -0.3 is 15.3 Å². The highest BCUT2D eigenvalue weighted by Gasteiger charge is 2.08. The van der Waals surface area contributed by atoms with E-state index in [4.69, 9.17) is 0 Å². The molecule has 1 rings (SSSR count). The first kappa shape index (κ1) is 15.7. The first-order chi connectivity index (χ1) is 8.56. The molecule has 0 aliphatic carbocycles. The van der Waals surface area contributed by atoms with Gasteiger partial charge in [-0.15, -0.1) is 0 Å². The maximum atomic E-state index is 9.96. The topological polar surface area (TPSA) is 35.5 Å². The number of benzene rings is 1. The number of aryl methyl sites for hydroxylation is 1. The van der Waals surface area contributed by atoms with Crippen molar-refractivity contribution in [1.29, 1.82) is 0 Å². The lowest BCUT2D eigenvalue weighted by Gasteiger charge is -2.22. The smallest absolute Gasteiger partial charge is 0.0839 e. The lowest BCUT2D eigenvalue weighted by atomic mass is 10.2. The first-order valence-electron chi connectivity index (χ1n) is 6.47. The summed E-state index contributed by atoms with van der Waals surface area (Å²) in [6, 6.07) is 6.27. The summed E-state index contributed by atoms with van der Waals surface area (Å²) in [5.41, 5.74) is 2.36. The van der Waals surface area contributed by atoms with Crippen LogP contribution in [0, 0.1) is 10.5 Å². The molecule has 3 nitrogen and oxygen atoms in total. The fourth-order valence-corrected chi connectivity index (χ4v) is 2.30. The van der Waals surface area contributed by atoms with E-state index in [1.54, 1.807) is 0 Å². The van der Waals surface area contributed by atoms with Gasteiger partial charge in [0.1, 0.15) is 0 Å². The van der Waals surface area contributed by atoms with Crippen LogP contribution in [0.3, 0.4) is 0 Å². The third kappa shape index (κ3) is 5.12. The average Bonchev–Trinajstić information content (AvgIpc) is 2.37. The molecule has 0 aliphatic heterocycles. The third-order valence-electron chi connectivity index (χ3n) is 3.08. The third-order valence-corrected chi connectivity index (χ3v) is 4.24. The van der Waals surface area contributed by atoms with Crippen molar-refractivity contribution in [2.45, 2.75) is 26.9 Å². The zero-order chi connectivity index (χ0) is 13.5. The van der Waals surface area contributed by atoms with Crippen molar-refractivity contribution in [3.05, 3.63) is 27.3 Å². The average molecular weight is 362 g/mol. The summed E-state index contributed by atoms with van der Waals surface area (Å²) in [4.78, 5) is 2.23. The minimum absolute atomic E-state index is 0.330. The Morgan fingerprint density at radius 2 is 2.00 bits per heavy atom. The van der Waals surface area contributed by atoms with Gasteiger partial charge in [0.05, 0.1) is 6.10 Å². The lowest BCUT2D eigenvalue weighted by Crippen LogP contribution is -2.35. The highest BCUT2D eigenvalue weighted by molar-refractivity contribution is 14.1. The molecule has 1 unspecified atom stereocenters. The Morgan fingerprint density at radius 1 is 1.33 bits per heavy atom. The Balaban J connectivity index is 2.42. The van der Waals surface area contributed by atoms with E-state index in [9.17, 15) is 5.11 Å². The quantitative estimate of drug-likeness (QED) is 0.733. The predicted molar refractivity (Wildman–Crippen MR) is 86.2 cm³/mol. The Hall–Kier alpha value is -0.330. The summed E-state index contributed by atoms with van der Waals surface area (Å²) in [6.07, 6.45) is -0.330. The summed E-state index contributed by atoms with van der Waals surface area (Å²) < 4.78 is 1.25. The summed E-state index contributed by atoms with van der Waals surface area (Å²) >= 11 is 2.33. The maximum Gasteiger partial charge on any atom is 0.0839 e. The molecule has 0 heterocycles. The maximum absolute atomic E-state index is 9.96. The number of hydrogen-bond acceptors (Lipinski definition) is 3. The molecule has 1 aromatic rings. The van der Waals surface area contributed by atoms with E-state index in [2.05, 4.69) is 71.8 Å². The molecule has 1 aromatic carbocycles. The first-order valence-corrected chi connectivity index (χ1v) is 7.55. The van der Waals surface area contributed by atoms with Gasteiger partial charge in [-0.1, -0.05) is 19.9 Å². The van der Waals surface area contributed by atoms with Crippen LogP contribution >= 0.6 is 22.6 Å². The second kappa shape index (κ2) is 7.96. The van der Waals surface area contributed by atoms with Gasteiger partial charge in [0.15, 0.2) is 0 Å². The number of aliphatic hydroxyl groups is 1. The van der Waals surface area contributed by atoms with Crippen LogP contribution in [0.5, 0.6) is 0 Å². The number of aliphatic hydroxyl groups excluding tert-OH is 1. The number of anilines is 1. The molecule has 0 radical (unpaired) electrons. The van der Waals surface area contributed by atoms with Gasteiger partial charge in [-0.05, 0) is 60.3 Å². The van der Waals surface area contributed by atoms with Crippen molar-refractivity contribution in [2.24, 2.45) is 0 Å². The molecule has 0 amide bonds. The fraction of sp³-hybridized carbons (Fsp3) is 0.571. The van der Waals surface area contributed by atoms with Crippen LogP contribution in [-0.2, 0) is 0 Å². The van der Waals surface area contributed by atoms with Crippen molar-refractivity contribution >= 4 is 28.3 Å². The molecular formula is C14H23IN2O. The van der Waals surface area contributed by atoms with Crippen molar-refractivity contribution in [1.82, 2.24) is 4.90 Å². The highest BCUT2D eigenvalue weighted by Crippen LogP contribution is 2.16. The van der Waals surface area contributed by atoms with Gasteiger partial charge in [-0.2, -0.15) is 0 Å². The summed E-state index contributed by atoms with van der Waals surface area (Å²) in [6.45, 7) is 9.61. The summed E-state index contributed by atoms with van der Waals surface area (Å²) in [7, 11) is 0.